The molecule has 0 aliphatic heterocycles. The Labute approximate surface area is 87.7 Å². The van der Waals surface area contributed by atoms with E-state index in [1.807, 2.05) is 39.8 Å². The van der Waals surface area contributed by atoms with E-state index in [0.717, 1.165) is 5.75 Å². The van der Waals surface area contributed by atoms with E-state index >= 15 is 0 Å². The molecule has 0 atom stereocenters. The van der Waals surface area contributed by atoms with Crippen molar-refractivity contribution in [2.24, 2.45) is 0 Å². The number of hydrogen-bond acceptors (Lipinski definition) is 2. The van der Waals surface area contributed by atoms with Crippen LogP contribution in [0.25, 0.3) is 0 Å². The molecular formula is C11H17BO2. The monoisotopic (exact) mass is 192 g/mol. The van der Waals surface area contributed by atoms with Crippen molar-refractivity contribution in [2.75, 3.05) is 0 Å². The Morgan fingerprint density at radius 1 is 1.00 bits per heavy atom. The minimum Gasteiger partial charge on any atom is -0.568 e. The van der Waals surface area contributed by atoms with Crippen molar-refractivity contribution >= 4 is 8.05 Å². The van der Waals surface area contributed by atoms with Crippen molar-refractivity contribution in [2.45, 2.75) is 33.8 Å². The fourth-order valence-corrected chi connectivity index (χ4v) is 0.869. The van der Waals surface area contributed by atoms with Crippen LogP contribution in [0.3, 0.4) is 0 Å². The standard InChI is InChI=1S/C9H11BO2.C2H6/c1-7(2)11-8-3-5-9(12-10)6-4-8;1-2/h3-7H,1-2H3;1-2H3. The first-order valence-electron chi connectivity index (χ1n) is 4.86. The molecule has 1 rings (SSSR count). The third kappa shape index (κ3) is 4.80. The maximum Gasteiger partial charge on any atom is 0.374 e. The second-order valence-electron chi connectivity index (χ2n) is 2.76. The number of ether oxygens (including phenoxy) is 1. The Morgan fingerprint density at radius 2 is 1.43 bits per heavy atom. The summed E-state index contributed by atoms with van der Waals surface area (Å²) in [5.41, 5.74) is 0. The van der Waals surface area contributed by atoms with Crippen molar-refractivity contribution in [1.29, 1.82) is 0 Å². The third-order valence-electron chi connectivity index (χ3n) is 1.33. The zero-order chi connectivity index (χ0) is 11.0. The summed E-state index contributed by atoms with van der Waals surface area (Å²) in [6.45, 7) is 7.96. The van der Waals surface area contributed by atoms with Gasteiger partial charge in [-0.3, -0.25) is 0 Å². The Morgan fingerprint density at radius 3 is 1.79 bits per heavy atom. The smallest absolute Gasteiger partial charge is 0.374 e. The Bertz CT molecular complexity index is 232. The molecule has 0 aliphatic carbocycles. The summed E-state index contributed by atoms with van der Waals surface area (Å²) in [5, 5.41) is 0. The van der Waals surface area contributed by atoms with E-state index in [0.29, 0.717) is 5.75 Å². The van der Waals surface area contributed by atoms with Crippen molar-refractivity contribution < 1.29 is 9.39 Å². The van der Waals surface area contributed by atoms with Gasteiger partial charge < -0.3 is 9.39 Å². The largest absolute Gasteiger partial charge is 0.568 e. The maximum atomic E-state index is 5.42. The SMILES string of the molecule is CC.[B]Oc1ccc(OC(C)C)cc1. The van der Waals surface area contributed by atoms with Gasteiger partial charge in [0, 0.05) is 0 Å². The van der Waals surface area contributed by atoms with E-state index in [-0.39, 0.29) is 6.10 Å². The molecule has 1 aromatic rings. The lowest BCUT2D eigenvalue weighted by molar-refractivity contribution is 0.242. The average molecular weight is 192 g/mol. The molecule has 14 heavy (non-hydrogen) atoms. The summed E-state index contributed by atoms with van der Waals surface area (Å²) in [7, 11) is 4.96. The van der Waals surface area contributed by atoms with Gasteiger partial charge in [0.05, 0.1) is 11.9 Å². The van der Waals surface area contributed by atoms with E-state index in [1.165, 1.54) is 0 Å². The highest BCUT2D eigenvalue weighted by molar-refractivity contribution is 5.99. The molecule has 3 heteroatoms. The Balaban J connectivity index is 0.000000791. The first-order chi connectivity index (χ1) is 6.72. The van der Waals surface area contributed by atoms with E-state index in [1.54, 1.807) is 12.1 Å². The summed E-state index contributed by atoms with van der Waals surface area (Å²) in [4.78, 5) is 0. The van der Waals surface area contributed by atoms with Gasteiger partial charge in [-0.15, -0.1) is 0 Å². The lowest BCUT2D eigenvalue weighted by Crippen LogP contribution is -2.05. The number of hydrogen-bond donors (Lipinski definition) is 0. The first-order valence-corrected chi connectivity index (χ1v) is 4.86. The molecule has 0 heterocycles. The molecule has 0 aromatic heterocycles. The van der Waals surface area contributed by atoms with Gasteiger partial charge in [0.25, 0.3) is 0 Å². The van der Waals surface area contributed by atoms with Gasteiger partial charge in [0.2, 0.25) is 0 Å². The molecule has 0 N–H and O–H groups in total. The van der Waals surface area contributed by atoms with Gasteiger partial charge in [0.1, 0.15) is 5.75 Å². The summed E-state index contributed by atoms with van der Waals surface area (Å²) < 4.78 is 9.94. The number of rotatable bonds is 3. The number of benzene rings is 1. The van der Waals surface area contributed by atoms with Crippen molar-refractivity contribution in [1.82, 2.24) is 0 Å². The molecule has 0 saturated carbocycles. The molecule has 2 radical (unpaired) electrons. The molecule has 76 valence electrons. The van der Waals surface area contributed by atoms with Crippen molar-refractivity contribution in [3.05, 3.63) is 24.3 Å². The topological polar surface area (TPSA) is 18.5 Å². The van der Waals surface area contributed by atoms with Crippen LogP contribution < -0.4 is 9.39 Å². The highest BCUT2D eigenvalue weighted by Gasteiger charge is 1.96. The highest BCUT2D eigenvalue weighted by Crippen LogP contribution is 2.17. The maximum absolute atomic E-state index is 5.42. The van der Waals surface area contributed by atoms with Crippen LogP contribution in [-0.2, 0) is 0 Å². The van der Waals surface area contributed by atoms with E-state index in [9.17, 15) is 0 Å². The summed E-state index contributed by atoms with van der Waals surface area (Å²) in [6, 6.07) is 7.17. The molecule has 0 amide bonds. The fourth-order valence-electron chi connectivity index (χ4n) is 0.869. The normalized spacial score (nSPS) is 8.93. The average Bonchev–Trinajstić information content (AvgIpc) is 2.21. The van der Waals surface area contributed by atoms with Crippen molar-refractivity contribution in [3.8, 4) is 11.5 Å². The predicted molar refractivity (Wildman–Crippen MR) is 59.9 cm³/mol. The van der Waals surface area contributed by atoms with Gasteiger partial charge in [-0.2, -0.15) is 0 Å². The molecule has 0 aliphatic rings. The second kappa shape index (κ2) is 7.30. The predicted octanol–water partition coefficient (Wildman–Crippen LogP) is 2.96. The van der Waals surface area contributed by atoms with Gasteiger partial charge >= 0.3 is 8.05 Å². The van der Waals surface area contributed by atoms with Gasteiger partial charge in [-0.25, -0.2) is 0 Å². The van der Waals surface area contributed by atoms with E-state index in [4.69, 9.17) is 12.8 Å². The Hall–Kier alpha value is -1.12. The molecule has 0 saturated heterocycles. The summed E-state index contributed by atoms with van der Waals surface area (Å²) in [6.07, 6.45) is 0.189. The van der Waals surface area contributed by atoms with Crippen LogP contribution in [-0.4, -0.2) is 14.2 Å². The quantitative estimate of drug-likeness (QED) is 0.685. The van der Waals surface area contributed by atoms with Crippen LogP contribution in [0.4, 0.5) is 0 Å². The molecule has 2 nitrogen and oxygen atoms in total. The third-order valence-corrected chi connectivity index (χ3v) is 1.33. The summed E-state index contributed by atoms with van der Waals surface area (Å²) in [5.74, 6) is 1.46. The van der Waals surface area contributed by atoms with Crippen LogP contribution >= 0.6 is 0 Å². The van der Waals surface area contributed by atoms with Gasteiger partial charge in [-0.05, 0) is 38.1 Å². The molecule has 0 fully saturated rings. The lowest BCUT2D eigenvalue weighted by atomic mass is 10.3. The fraction of sp³-hybridized carbons (Fsp3) is 0.455. The highest BCUT2D eigenvalue weighted by atomic mass is 16.5. The van der Waals surface area contributed by atoms with Crippen LogP contribution in [0.15, 0.2) is 24.3 Å². The van der Waals surface area contributed by atoms with Crippen LogP contribution in [0, 0.1) is 0 Å². The summed E-state index contributed by atoms with van der Waals surface area (Å²) >= 11 is 0. The Kier molecular flexibility index (Phi) is 6.72. The molecule has 0 spiro atoms. The van der Waals surface area contributed by atoms with Crippen molar-refractivity contribution in [3.63, 3.8) is 0 Å². The van der Waals surface area contributed by atoms with Gasteiger partial charge in [-0.1, -0.05) is 13.8 Å². The van der Waals surface area contributed by atoms with Crippen LogP contribution in [0.2, 0.25) is 0 Å². The second-order valence-corrected chi connectivity index (χ2v) is 2.76. The zero-order valence-electron chi connectivity index (χ0n) is 9.28. The minimum atomic E-state index is 0.189. The lowest BCUT2D eigenvalue weighted by Gasteiger charge is -2.09. The van der Waals surface area contributed by atoms with Crippen LogP contribution in [0.5, 0.6) is 11.5 Å². The molecule has 0 unspecified atom stereocenters. The van der Waals surface area contributed by atoms with E-state index < -0.39 is 0 Å². The molecule has 0 bridgehead atoms. The van der Waals surface area contributed by atoms with E-state index in [2.05, 4.69) is 4.65 Å². The molecular weight excluding hydrogens is 175 g/mol. The van der Waals surface area contributed by atoms with Crippen LogP contribution in [0.1, 0.15) is 27.7 Å². The molecule has 1 aromatic carbocycles. The minimum absolute atomic E-state index is 0.189. The van der Waals surface area contributed by atoms with Gasteiger partial charge in [0.15, 0.2) is 0 Å². The first kappa shape index (κ1) is 12.9. The zero-order valence-corrected chi connectivity index (χ0v) is 9.28.